The molecule has 1 rings (SSSR count). The zero-order valence-electron chi connectivity index (χ0n) is 15.6. The first-order valence-electron chi connectivity index (χ1n) is 9.39. The van der Waals surface area contributed by atoms with Gasteiger partial charge in [-0.25, -0.2) is 0 Å². The van der Waals surface area contributed by atoms with Gasteiger partial charge in [-0.15, -0.1) is 0 Å². The van der Waals surface area contributed by atoms with Crippen molar-refractivity contribution in [3.05, 3.63) is 0 Å². The van der Waals surface area contributed by atoms with Gasteiger partial charge in [-0.2, -0.15) is 0 Å². The fourth-order valence-corrected chi connectivity index (χ4v) is 3.38. The second-order valence-electron chi connectivity index (χ2n) is 8.19. The van der Waals surface area contributed by atoms with Gasteiger partial charge in [0, 0.05) is 25.7 Å². The van der Waals surface area contributed by atoms with Crippen LogP contribution in [0.15, 0.2) is 0 Å². The van der Waals surface area contributed by atoms with Crippen LogP contribution in [-0.2, 0) is 4.74 Å². The van der Waals surface area contributed by atoms with Crippen LogP contribution in [0.25, 0.3) is 0 Å². The van der Waals surface area contributed by atoms with Gasteiger partial charge in [0.1, 0.15) is 0 Å². The highest BCUT2D eigenvalue weighted by atomic mass is 16.5. The minimum Gasteiger partial charge on any atom is -0.396 e. The minimum atomic E-state index is 0.170. The number of ether oxygens (including phenoxy) is 1. The Balaban J connectivity index is 2.29. The van der Waals surface area contributed by atoms with Crippen molar-refractivity contribution < 1.29 is 14.9 Å². The summed E-state index contributed by atoms with van der Waals surface area (Å²) in [5, 5.41) is 19.1. The van der Waals surface area contributed by atoms with E-state index in [1.165, 1.54) is 12.8 Å². The van der Waals surface area contributed by atoms with E-state index in [0.29, 0.717) is 35.7 Å². The summed E-state index contributed by atoms with van der Waals surface area (Å²) in [7, 11) is 0. The maximum absolute atomic E-state index is 9.66. The molecule has 1 saturated carbocycles. The summed E-state index contributed by atoms with van der Waals surface area (Å²) < 4.78 is 5.91. The molecule has 1 aliphatic rings. The third-order valence-corrected chi connectivity index (χ3v) is 6.25. The zero-order valence-corrected chi connectivity index (χ0v) is 15.6. The number of hydrogen-bond acceptors (Lipinski definition) is 4. The number of rotatable bonds is 13. The van der Waals surface area contributed by atoms with E-state index in [2.05, 4.69) is 27.7 Å². The molecule has 0 aromatic heterocycles. The van der Waals surface area contributed by atoms with E-state index in [0.717, 1.165) is 26.0 Å². The van der Waals surface area contributed by atoms with Crippen molar-refractivity contribution in [1.29, 1.82) is 0 Å². The predicted molar refractivity (Wildman–Crippen MR) is 95.1 cm³/mol. The predicted octanol–water partition coefficient (Wildman–Crippen LogP) is 2.67. The van der Waals surface area contributed by atoms with Crippen LogP contribution in [0.1, 0.15) is 53.4 Å². The lowest BCUT2D eigenvalue weighted by molar-refractivity contribution is 0.0199. The fourth-order valence-electron chi connectivity index (χ4n) is 3.38. The van der Waals surface area contributed by atoms with Crippen LogP contribution in [-0.4, -0.2) is 43.2 Å². The molecule has 1 aliphatic carbocycles. The molecule has 4 atom stereocenters. The summed E-state index contributed by atoms with van der Waals surface area (Å²) >= 11 is 0. The maximum atomic E-state index is 9.66. The van der Waals surface area contributed by atoms with E-state index < -0.39 is 0 Å². The molecule has 0 spiro atoms. The van der Waals surface area contributed by atoms with Gasteiger partial charge in [0.05, 0.1) is 6.61 Å². The fraction of sp³-hybridized carbons (Fsp3) is 1.00. The third kappa shape index (κ3) is 6.33. The van der Waals surface area contributed by atoms with Gasteiger partial charge >= 0.3 is 0 Å². The largest absolute Gasteiger partial charge is 0.396 e. The molecule has 0 saturated heterocycles. The molecule has 3 unspecified atom stereocenters. The van der Waals surface area contributed by atoms with E-state index in [4.69, 9.17) is 10.5 Å². The van der Waals surface area contributed by atoms with E-state index >= 15 is 0 Å². The molecular weight excluding hydrogens is 290 g/mol. The van der Waals surface area contributed by atoms with Crippen LogP contribution >= 0.6 is 0 Å². The van der Waals surface area contributed by atoms with Crippen LogP contribution in [0.3, 0.4) is 0 Å². The van der Waals surface area contributed by atoms with Gasteiger partial charge in [0.2, 0.25) is 0 Å². The third-order valence-electron chi connectivity index (χ3n) is 6.25. The van der Waals surface area contributed by atoms with Crippen molar-refractivity contribution in [1.82, 2.24) is 0 Å². The van der Waals surface area contributed by atoms with E-state index in [1.54, 1.807) is 0 Å². The van der Waals surface area contributed by atoms with Crippen molar-refractivity contribution in [3.8, 4) is 0 Å². The van der Waals surface area contributed by atoms with E-state index in [-0.39, 0.29) is 19.1 Å². The standard InChI is InChI=1S/C19H39NO3/c1-14(2)17(9-21)6-5-15(3)18(10-22)12-23-11-16(4)19(13-20)7-8-19/h14-18,21-22H,5-13,20H2,1-4H3/t15?,16?,17-,18?/m1/s1. The van der Waals surface area contributed by atoms with Crippen LogP contribution in [0.4, 0.5) is 0 Å². The lowest BCUT2D eigenvalue weighted by Crippen LogP contribution is -2.29. The molecule has 0 amide bonds. The molecule has 0 heterocycles. The molecule has 23 heavy (non-hydrogen) atoms. The first-order valence-corrected chi connectivity index (χ1v) is 9.39. The van der Waals surface area contributed by atoms with Gasteiger partial charge in [-0.3, -0.25) is 0 Å². The van der Waals surface area contributed by atoms with Gasteiger partial charge in [-0.05, 0) is 61.3 Å². The second kappa shape index (κ2) is 9.97. The lowest BCUT2D eigenvalue weighted by Gasteiger charge is -2.27. The van der Waals surface area contributed by atoms with E-state index in [9.17, 15) is 10.2 Å². The second-order valence-corrected chi connectivity index (χ2v) is 8.19. The average Bonchev–Trinajstić information content (AvgIpc) is 3.32. The normalized spacial score (nSPS) is 21.9. The SMILES string of the molecule is CC(CC[C@H](CO)C(C)C)C(CO)COCC(C)C1(CN)CC1. The number of aliphatic hydroxyl groups is 2. The minimum absolute atomic E-state index is 0.170. The van der Waals surface area contributed by atoms with Crippen LogP contribution in [0.5, 0.6) is 0 Å². The molecule has 0 aromatic carbocycles. The Bertz CT molecular complexity index is 318. The number of hydrogen-bond donors (Lipinski definition) is 3. The quantitative estimate of drug-likeness (QED) is 0.485. The molecule has 0 aliphatic heterocycles. The summed E-state index contributed by atoms with van der Waals surface area (Å²) in [4.78, 5) is 0. The molecular formula is C19H39NO3. The lowest BCUT2D eigenvalue weighted by atomic mass is 9.84. The van der Waals surface area contributed by atoms with Crippen LogP contribution in [0.2, 0.25) is 0 Å². The van der Waals surface area contributed by atoms with Crippen LogP contribution < -0.4 is 5.73 Å². The van der Waals surface area contributed by atoms with Gasteiger partial charge in [0.25, 0.3) is 0 Å². The van der Waals surface area contributed by atoms with Gasteiger partial charge < -0.3 is 20.7 Å². The first-order chi connectivity index (χ1) is 10.9. The molecule has 0 aromatic rings. The molecule has 138 valence electrons. The van der Waals surface area contributed by atoms with Gasteiger partial charge in [0.15, 0.2) is 0 Å². The highest BCUT2D eigenvalue weighted by molar-refractivity contribution is 4.97. The first kappa shape index (κ1) is 20.9. The van der Waals surface area contributed by atoms with E-state index in [1.807, 2.05) is 0 Å². The monoisotopic (exact) mass is 329 g/mol. The van der Waals surface area contributed by atoms with Crippen molar-refractivity contribution in [2.24, 2.45) is 40.7 Å². The van der Waals surface area contributed by atoms with Crippen molar-refractivity contribution in [3.63, 3.8) is 0 Å². The molecule has 0 radical (unpaired) electrons. The molecule has 4 N–H and O–H groups in total. The maximum Gasteiger partial charge on any atom is 0.0518 e. The Labute approximate surface area is 142 Å². The summed E-state index contributed by atoms with van der Waals surface area (Å²) in [6.45, 7) is 11.3. The van der Waals surface area contributed by atoms with Crippen molar-refractivity contribution in [2.75, 3.05) is 33.0 Å². The Morgan fingerprint density at radius 3 is 2.00 bits per heavy atom. The topological polar surface area (TPSA) is 75.7 Å². The highest BCUT2D eigenvalue weighted by Gasteiger charge is 2.45. The Kier molecular flexibility index (Phi) is 9.06. The Morgan fingerprint density at radius 2 is 1.57 bits per heavy atom. The molecule has 4 heteroatoms. The van der Waals surface area contributed by atoms with Crippen molar-refractivity contribution in [2.45, 2.75) is 53.4 Å². The van der Waals surface area contributed by atoms with Crippen LogP contribution in [0, 0.1) is 35.0 Å². The summed E-state index contributed by atoms with van der Waals surface area (Å²) in [5.41, 5.74) is 6.19. The Morgan fingerprint density at radius 1 is 0.957 bits per heavy atom. The number of aliphatic hydroxyl groups excluding tert-OH is 2. The van der Waals surface area contributed by atoms with Crippen molar-refractivity contribution >= 4 is 0 Å². The Hall–Kier alpha value is -0.160. The molecule has 4 nitrogen and oxygen atoms in total. The zero-order chi connectivity index (χ0) is 17.5. The van der Waals surface area contributed by atoms with Gasteiger partial charge in [-0.1, -0.05) is 27.7 Å². The smallest absolute Gasteiger partial charge is 0.0518 e. The summed E-state index contributed by atoms with van der Waals surface area (Å²) in [5.74, 6) is 1.95. The number of nitrogens with two attached hydrogens (primary N) is 1. The highest BCUT2D eigenvalue weighted by Crippen LogP contribution is 2.51. The molecule has 0 bridgehead atoms. The molecule has 1 fully saturated rings. The average molecular weight is 330 g/mol. The summed E-state index contributed by atoms with van der Waals surface area (Å²) in [6, 6.07) is 0. The summed E-state index contributed by atoms with van der Waals surface area (Å²) in [6.07, 6.45) is 4.50.